The molecule has 0 saturated carbocycles. The van der Waals surface area contributed by atoms with Gasteiger partial charge in [0.1, 0.15) is 0 Å². The zero-order valence-electron chi connectivity index (χ0n) is 7.32. The summed E-state index contributed by atoms with van der Waals surface area (Å²) in [5.74, 6) is 0. The molecular weight excluding hydrogens is 120 g/mol. The van der Waals surface area contributed by atoms with E-state index in [-0.39, 0.29) is 0 Å². The lowest BCUT2D eigenvalue weighted by atomic mass is 10.1. The Bertz CT molecular complexity index is 86.2. The summed E-state index contributed by atoms with van der Waals surface area (Å²) in [6.45, 7) is 8.11. The summed E-state index contributed by atoms with van der Waals surface area (Å²) >= 11 is 0. The molecule has 1 radical (unpaired) electrons. The fraction of sp³-hybridized carbons (Fsp3) is 0.700. The molecular formula is C10H19. The fourth-order valence-corrected chi connectivity index (χ4v) is 0.920. The Balaban J connectivity index is 2.98. The molecule has 0 saturated heterocycles. The van der Waals surface area contributed by atoms with Crippen LogP contribution in [-0.4, -0.2) is 0 Å². The number of unbranched alkanes of at least 4 members (excludes halogenated alkanes) is 4. The Morgan fingerprint density at radius 2 is 2.00 bits per heavy atom. The molecule has 0 amide bonds. The number of allylic oxidation sites excluding steroid dienone is 2. The molecule has 0 aliphatic rings. The zero-order chi connectivity index (χ0) is 7.82. The van der Waals surface area contributed by atoms with Gasteiger partial charge in [-0.25, -0.2) is 0 Å². The lowest BCUT2D eigenvalue weighted by Crippen LogP contribution is -1.74. The van der Waals surface area contributed by atoms with Gasteiger partial charge in [-0.1, -0.05) is 37.8 Å². The Morgan fingerprint density at radius 3 is 2.50 bits per heavy atom. The first-order valence-electron chi connectivity index (χ1n) is 4.26. The van der Waals surface area contributed by atoms with Crippen LogP contribution in [0, 0.1) is 6.92 Å². The second-order valence-corrected chi connectivity index (χ2v) is 2.90. The molecule has 0 aliphatic carbocycles. The van der Waals surface area contributed by atoms with E-state index in [1.54, 1.807) is 0 Å². The minimum Gasteiger partial charge on any atom is -0.0856 e. The number of rotatable bonds is 5. The summed E-state index contributed by atoms with van der Waals surface area (Å²) in [5.41, 5.74) is 1.21. The molecule has 0 atom stereocenters. The summed E-state index contributed by atoms with van der Waals surface area (Å²) in [6.07, 6.45) is 8.85. The lowest BCUT2D eigenvalue weighted by Gasteiger charge is -1.94. The van der Waals surface area contributed by atoms with Crippen molar-refractivity contribution < 1.29 is 0 Å². The molecule has 0 aromatic carbocycles. The standard InChI is InChI=1S/C10H19/c1-4-5-6-7-8-9-10(2)3/h9H,2,4-8H2,1,3H3/b10-9-. The lowest BCUT2D eigenvalue weighted by molar-refractivity contribution is 0.673. The van der Waals surface area contributed by atoms with Gasteiger partial charge in [0.25, 0.3) is 0 Å². The van der Waals surface area contributed by atoms with Crippen molar-refractivity contribution in [2.45, 2.75) is 46.0 Å². The number of hydrogen-bond donors (Lipinski definition) is 0. The van der Waals surface area contributed by atoms with Crippen LogP contribution in [0.4, 0.5) is 0 Å². The molecule has 0 spiro atoms. The van der Waals surface area contributed by atoms with Crippen LogP contribution >= 0.6 is 0 Å². The minimum absolute atomic E-state index is 1.21. The third kappa shape index (κ3) is 7.74. The fourth-order valence-electron chi connectivity index (χ4n) is 0.920. The summed E-state index contributed by atoms with van der Waals surface area (Å²) in [4.78, 5) is 0. The maximum Gasteiger partial charge on any atom is -0.0286 e. The van der Waals surface area contributed by atoms with E-state index in [1.165, 1.54) is 37.7 Å². The monoisotopic (exact) mass is 139 g/mol. The van der Waals surface area contributed by atoms with Crippen molar-refractivity contribution in [1.82, 2.24) is 0 Å². The number of hydrogen-bond acceptors (Lipinski definition) is 0. The van der Waals surface area contributed by atoms with E-state index in [0.29, 0.717) is 0 Å². The molecule has 0 heterocycles. The topological polar surface area (TPSA) is 0 Å². The molecule has 0 heteroatoms. The van der Waals surface area contributed by atoms with Crippen LogP contribution in [0.15, 0.2) is 11.6 Å². The largest absolute Gasteiger partial charge is 0.0856 e. The average Bonchev–Trinajstić information content (AvgIpc) is 1.87. The van der Waals surface area contributed by atoms with E-state index in [2.05, 4.69) is 26.8 Å². The van der Waals surface area contributed by atoms with Crippen LogP contribution in [0.5, 0.6) is 0 Å². The highest BCUT2D eigenvalue weighted by Crippen LogP contribution is 2.04. The first-order valence-corrected chi connectivity index (χ1v) is 4.26. The molecule has 0 aromatic heterocycles. The highest BCUT2D eigenvalue weighted by Gasteiger charge is 1.84. The maximum atomic E-state index is 3.82. The van der Waals surface area contributed by atoms with Crippen molar-refractivity contribution in [2.24, 2.45) is 0 Å². The summed E-state index contributed by atoms with van der Waals surface area (Å²) in [7, 11) is 0. The second kappa shape index (κ2) is 6.85. The van der Waals surface area contributed by atoms with Crippen LogP contribution < -0.4 is 0 Å². The predicted octanol–water partition coefficient (Wildman–Crippen LogP) is 3.74. The van der Waals surface area contributed by atoms with Crippen molar-refractivity contribution >= 4 is 0 Å². The minimum atomic E-state index is 1.21. The van der Waals surface area contributed by atoms with E-state index in [1.807, 2.05) is 0 Å². The van der Waals surface area contributed by atoms with Gasteiger partial charge in [-0.15, -0.1) is 0 Å². The molecule has 0 aromatic rings. The zero-order valence-corrected chi connectivity index (χ0v) is 7.32. The van der Waals surface area contributed by atoms with E-state index < -0.39 is 0 Å². The van der Waals surface area contributed by atoms with E-state index >= 15 is 0 Å². The first kappa shape index (κ1) is 9.74. The quantitative estimate of drug-likeness (QED) is 0.509. The summed E-state index contributed by atoms with van der Waals surface area (Å²) in [6, 6.07) is 0. The molecule has 59 valence electrons. The van der Waals surface area contributed by atoms with Crippen LogP contribution in [0.3, 0.4) is 0 Å². The van der Waals surface area contributed by atoms with Crippen molar-refractivity contribution in [3.8, 4) is 0 Å². The molecule has 0 bridgehead atoms. The SMILES string of the molecule is [CH2]/C(C)=C/CCCCCC. The van der Waals surface area contributed by atoms with Crippen LogP contribution in [0.25, 0.3) is 0 Å². The third-order valence-electron chi connectivity index (χ3n) is 1.55. The van der Waals surface area contributed by atoms with Crippen molar-refractivity contribution in [1.29, 1.82) is 0 Å². The van der Waals surface area contributed by atoms with Gasteiger partial charge in [-0.05, 0) is 26.7 Å². The normalized spacial score (nSPS) is 12.1. The highest BCUT2D eigenvalue weighted by atomic mass is 13.9. The van der Waals surface area contributed by atoms with Crippen LogP contribution in [-0.2, 0) is 0 Å². The molecule has 0 N–H and O–H groups in total. The van der Waals surface area contributed by atoms with Crippen LogP contribution in [0.1, 0.15) is 46.0 Å². The van der Waals surface area contributed by atoms with E-state index in [4.69, 9.17) is 0 Å². The molecule has 0 aliphatic heterocycles. The Morgan fingerprint density at radius 1 is 1.30 bits per heavy atom. The highest BCUT2D eigenvalue weighted by molar-refractivity contribution is 5.00. The van der Waals surface area contributed by atoms with Crippen molar-refractivity contribution in [3.05, 3.63) is 18.6 Å². The summed E-state index contributed by atoms with van der Waals surface area (Å²) in [5, 5.41) is 0. The first-order chi connectivity index (χ1) is 4.77. The average molecular weight is 139 g/mol. The van der Waals surface area contributed by atoms with Gasteiger partial charge in [-0.2, -0.15) is 0 Å². The van der Waals surface area contributed by atoms with Crippen molar-refractivity contribution in [3.63, 3.8) is 0 Å². The van der Waals surface area contributed by atoms with Gasteiger partial charge in [-0.3, -0.25) is 0 Å². The van der Waals surface area contributed by atoms with Gasteiger partial charge in [0.2, 0.25) is 0 Å². The Hall–Kier alpha value is -0.260. The van der Waals surface area contributed by atoms with E-state index in [0.717, 1.165) is 0 Å². The molecule has 0 rings (SSSR count). The predicted molar refractivity (Wildman–Crippen MR) is 47.9 cm³/mol. The smallest absolute Gasteiger partial charge is 0.0286 e. The van der Waals surface area contributed by atoms with E-state index in [9.17, 15) is 0 Å². The van der Waals surface area contributed by atoms with Gasteiger partial charge < -0.3 is 0 Å². The molecule has 10 heavy (non-hydrogen) atoms. The summed E-state index contributed by atoms with van der Waals surface area (Å²) < 4.78 is 0. The second-order valence-electron chi connectivity index (χ2n) is 2.90. The van der Waals surface area contributed by atoms with Gasteiger partial charge in [0.05, 0.1) is 0 Å². The molecule has 0 unspecified atom stereocenters. The van der Waals surface area contributed by atoms with Crippen molar-refractivity contribution in [2.75, 3.05) is 0 Å². The Labute approximate surface area is 65.3 Å². The van der Waals surface area contributed by atoms with Crippen LogP contribution in [0.2, 0.25) is 0 Å². The Kier molecular flexibility index (Phi) is 6.68. The third-order valence-corrected chi connectivity index (χ3v) is 1.55. The van der Waals surface area contributed by atoms with Gasteiger partial charge in [0, 0.05) is 0 Å². The molecule has 0 nitrogen and oxygen atoms in total. The maximum absolute atomic E-state index is 3.82. The van der Waals surface area contributed by atoms with Gasteiger partial charge >= 0.3 is 0 Å². The molecule has 0 fully saturated rings. The van der Waals surface area contributed by atoms with Gasteiger partial charge in [0.15, 0.2) is 0 Å².